The Morgan fingerprint density at radius 1 is 1.00 bits per heavy atom. The molecule has 0 radical (unpaired) electrons. The van der Waals surface area contributed by atoms with Crippen LogP contribution in [0.5, 0.6) is 0 Å². The van der Waals surface area contributed by atoms with Gasteiger partial charge in [-0.15, -0.1) is 0 Å². The molecule has 0 saturated carbocycles. The van der Waals surface area contributed by atoms with Gasteiger partial charge in [-0.05, 0) is 60.0 Å². The number of phosphoric acid groups is 1. The molecule has 3 heterocycles. The van der Waals surface area contributed by atoms with Crippen LogP contribution in [0.25, 0.3) is 0 Å². The predicted octanol–water partition coefficient (Wildman–Crippen LogP) is 6.59. The second-order valence-electron chi connectivity index (χ2n) is 15.4. The van der Waals surface area contributed by atoms with Crippen molar-refractivity contribution >= 4 is 36.2 Å². The van der Waals surface area contributed by atoms with Crippen molar-refractivity contribution in [3.63, 3.8) is 0 Å². The van der Waals surface area contributed by atoms with E-state index in [0.29, 0.717) is 17.5 Å². The summed E-state index contributed by atoms with van der Waals surface area (Å²) in [7, 11) is -7.71. The van der Waals surface area contributed by atoms with Crippen molar-refractivity contribution < 1.29 is 41.3 Å². The van der Waals surface area contributed by atoms with Crippen LogP contribution >= 0.6 is 7.82 Å². The molecule has 0 amide bonds. The van der Waals surface area contributed by atoms with Crippen molar-refractivity contribution in [1.29, 1.82) is 0 Å². The average Bonchev–Trinajstić information content (AvgIpc) is 3.29. The molecular formula is C32H52N3O10PSi2. The zero-order chi connectivity index (χ0) is 35.9. The SMILES string of the molecule is COC(=O)c1ccc([C@@H]2CCO[P@](=O)(OC[C@H]3O[C@@H](n4ccc(N)nc4=O)[C@@H](O[Si](C)(C)C(C)(C)C)[C@@H]3O[Si](C)(C)C(C)(C)C)O2)cc1. The van der Waals surface area contributed by atoms with Crippen LogP contribution in [0.4, 0.5) is 5.82 Å². The Balaban J connectivity index is 1.66. The molecular weight excluding hydrogens is 674 g/mol. The highest BCUT2D eigenvalue weighted by Crippen LogP contribution is 2.57. The zero-order valence-electron chi connectivity index (χ0n) is 30.0. The van der Waals surface area contributed by atoms with Crippen LogP contribution in [0.2, 0.25) is 36.3 Å². The molecule has 4 rings (SSSR count). The number of aromatic nitrogens is 2. The fourth-order valence-electron chi connectivity index (χ4n) is 4.91. The first-order chi connectivity index (χ1) is 22.1. The number of nitrogen functional groups attached to an aromatic ring is 1. The van der Waals surface area contributed by atoms with E-state index < -0.39 is 66.8 Å². The minimum atomic E-state index is -4.07. The second kappa shape index (κ2) is 14.2. The monoisotopic (exact) mass is 725 g/mol. The molecule has 2 saturated heterocycles. The van der Waals surface area contributed by atoms with Crippen LogP contribution in [0, 0.1) is 0 Å². The number of ether oxygens (including phenoxy) is 2. The topological polar surface area (TPSA) is 160 Å². The smallest absolute Gasteiger partial charge is 0.465 e. The quantitative estimate of drug-likeness (QED) is 0.159. The Labute approximate surface area is 285 Å². The van der Waals surface area contributed by atoms with Gasteiger partial charge in [-0.25, -0.2) is 14.2 Å². The number of esters is 1. The molecule has 13 nitrogen and oxygen atoms in total. The average molecular weight is 726 g/mol. The molecule has 268 valence electrons. The van der Waals surface area contributed by atoms with Gasteiger partial charge in [0.05, 0.1) is 32.0 Å². The van der Waals surface area contributed by atoms with Crippen molar-refractivity contribution in [3.8, 4) is 0 Å². The van der Waals surface area contributed by atoms with E-state index in [-0.39, 0.29) is 29.1 Å². The Morgan fingerprint density at radius 3 is 2.12 bits per heavy atom. The number of nitrogens with two attached hydrogens (primary N) is 1. The summed E-state index contributed by atoms with van der Waals surface area (Å²) in [5, 5.41) is -0.340. The first-order valence-electron chi connectivity index (χ1n) is 16.2. The molecule has 0 aliphatic carbocycles. The maximum absolute atomic E-state index is 13.9. The third-order valence-electron chi connectivity index (χ3n) is 9.87. The first-order valence-corrected chi connectivity index (χ1v) is 23.5. The minimum absolute atomic E-state index is 0.0873. The van der Waals surface area contributed by atoms with Gasteiger partial charge in [-0.3, -0.25) is 18.1 Å². The van der Waals surface area contributed by atoms with E-state index in [1.54, 1.807) is 24.3 Å². The minimum Gasteiger partial charge on any atom is -0.465 e. The summed E-state index contributed by atoms with van der Waals surface area (Å²) in [6.45, 7) is 21.2. The molecule has 2 aromatic rings. The third-order valence-corrected chi connectivity index (χ3v) is 20.3. The van der Waals surface area contributed by atoms with Crippen molar-refractivity contribution in [1.82, 2.24) is 9.55 Å². The predicted molar refractivity (Wildman–Crippen MR) is 187 cm³/mol. The van der Waals surface area contributed by atoms with Gasteiger partial charge >= 0.3 is 19.5 Å². The van der Waals surface area contributed by atoms with E-state index in [9.17, 15) is 14.2 Å². The fraction of sp³-hybridized carbons (Fsp3) is 0.656. The van der Waals surface area contributed by atoms with Crippen LogP contribution in [0.3, 0.4) is 0 Å². The fourth-order valence-corrected chi connectivity index (χ4v) is 8.91. The summed E-state index contributed by atoms with van der Waals surface area (Å²) in [6, 6.07) is 8.22. The summed E-state index contributed by atoms with van der Waals surface area (Å²) >= 11 is 0. The molecule has 2 N–H and O–H groups in total. The molecule has 0 unspecified atom stereocenters. The molecule has 48 heavy (non-hydrogen) atoms. The van der Waals surface area contributed by atoms with Crippen LogP contribution in [-0.4, -0.2) is 70.8 Å². The molecule has 1 aromatic heterocycles. The van der Waals surface area contributed by atoms with Gasteiger partial charge < -0.3 is 24.1 Å². The van der Waals surface area contributed by atoms with E-state index in [0.717, 1.165) is 0 Å². The highest BCUT2D eigenvalue weighted by atomic mass is 31.2. The van der Waals surface area contributed by atoms with Crippen LogP contribution in [0.15, 0.2) is 41.3 Å². The van der Waals surface area contributed by atoms with Gasteiger partial charge in [0.15, 0.2) is 22.9 Å². The number of carbonyl (C=O) groups is 1. The van der Waals surface area contributed by atoms with Crippen LogP contribution in [-0.2, 0) is 36.5 Å². The molecule has 1 aromatic carbocycles. The second-order valence-corrected chi connectivity index (χ2v) is 26.5. The van der Waals surface area contributed by atoms with E-state index in [1.165, 1.54) is 23.9 Å². The lowest BCUT2D eigenvalue weighted by atomic mass is 10.1. The maximum atomic E-state index is 13.9. The Bertz CT molecular complexity index is 1550. The van der Waals surface area contributed by atoms with E-state index >= 15 is 0 Å². The molecule has 16 heteroatoms. The van der Waals surface area contributed by atoms with Crippen molar-refractivity contribution in [3.05, 3.63) is 58.1 Å². The number of carbonyl (C=O) groups excluding carboxylic acids is 1. The van der Waals surface area contributed by atoms with Gasteiger partial charge in [0.2, 0.25) is 0 Å². The van der Waals surface area contributed by atoms with Crippen LogP contribution in [0.1, 0.15) is 76.2 Å². The Morgan fingerprint density at radius 2 is 1.58 bits per heavy atom. The summed E-state index contributed by atoms with van der Waals surface area (Å²) < 4.78 is 58.2. The van der Waals surface area contributed by atoms with Crippen LogP contribution < -0.4 is 11.4 Å². The van der Waals surface area contributed by atoms with E-state index in [1.807, 2.05) is 0 Å². The molecule has 2 aliphatic rings. The third kappa shape index (κ3) is 8.56. The van der Waals surface area contributed by atoms with Gasteiger partial charge in [-0.2, -0.15) is 4.98 Å². The Hall–Kier alpha value is -2.21. The molecule has 2 aliphatic heterocycles. The summed E-state index contributed by atoms with van der Waals surface area (Å²) in [5.41, 5.74) is 6.33. The number of phosphoric ester groups is 1. The number of benzene rings is 1. The molecule has 6 atom stereocenters. The number of nitrogens with zero attached hydrogens (tertiary/aromatic N) is 2. The first kappa shape index (κ1) is 38.6. The largest absolute Gasteiger partial charge is 0.475 e. The highest BCUT2D eigenvalue weighted by molar-refractivity contribution is 7.48. The van der Waals surface area contributed by atoms with Gasteiger partial charge in [0, 0.05) is 12.6 Å². The van der Waals surface area contributed by atoms with Crippen molar-refractivity contribution in [2.45, 2.75) is 115 Å². The van der Waals surface area contributed by atoms with E-state index in [2.05, 4.69) is 72.7 Å². The van der Waals surface area contributed by atoms with Gasteiger partial charge in [0.25, 0.3) is 0 Å². The molecule has 0 spiro atoms. The number of hydrogen-bond donors (Lipinski definition) is 1. The normalized spacial score (nSPS) is 27.2. The number of rotatable bonds is 10. The molecule has 0 bridgehead atoms. The van der Waals surface area contributed by atoms with Gasteiger partial charge in [0.1, 0.15) is 24.1 Å². The lowest BCUT2D eigenvalue weighted by Gasteiger charge is -2.44. The lowest BCUT2D eigenvalue weighted by molar-refractivity contribution is -0.0592. The van der Waals surface area contributed by atoms with Crippen molar-refractivity contribution in [2.24, 2.45) is 0 Å². The molecule has 2 fully saturated rings. The summed E-state index contributed by atoms with van der Waals surface area (Å²) in [4.78, 5) is 29.0. The lowest BCUT2D eigenvalue weighted by Crippen LogP contribution is -2.54. The standard InChI is InChI=1S/C32H52N3O10PSi2/c1-31(2,3)47(8,9)44-26-24(20-41-46(38)40-19-17-23(43-46)21-12-14-22(15-13-21)29(36)39-7)42-28(35-18-16-25(33)34-30(35)37)27(26)45-48(10,11)32(4,5)6/h12-16,18,23-24,26-28H,17,19-20H2,1-11H3,(H2,33,34,37)/t23-,24+,26+,27-,28+,46+/m0/s1. The summed E-state index contributed by atoms with van der Waals surface area (Å²) in [6.07, 6.45) is -1.81. The zero-order valence-corrected chi connectivity index (χ0v) is 32.9. The number of methoxy groups -OCH3 is 1. The Kier molecular flexibility index (Phi) is 11.4. The number of anilines is 1. The van der Waals surface area contributed by atoms with Crippen molar-refractivity contribution in [2.75, 3.05) is 26.1 Å². The van der Waals surface area contributed by atoms with E-state index in [4.69, 9.17) is 37.6 Å². The maximum Gasteiger partial charge on any atom is 0.475 e. The highest BCUT2D eigenvalue weighted by Gasteiger charge is 2.55. The number of hydrogen-bond acceptors (Lipinski definition) is 12. The van der Waals surface area contributed by atoms with Gasteiger partial charge in [-0.1, -0.05) is 53.7 Å². The summed E-state index contributed by atoms with van der Waals surface area (Å²) in [5.74, 6) is -0.370.